The SMILES string of the molecule is CC(F)(P)c1ccc(C2CCN(C=O)C2)cc1. The first-order chi connectivity index (χ1) is 8.00. The minimum Gasteiger partial charge on any atom is -0.345 e. The van der Waals surface area contributed by atoms with E-state index in [9.17, 15) is 9.18 Å². The highest BCUT2D eigenvalue weighted by Crippen LogP contribution is 2.34. The lowest BCUT2D eigenvalue weighted by molar-refractivity contribution is -0.117. The van der Waals surface area contributed by atoms with Gasteiger partial charge < -0.3 is 4.90 Å². The molecule has 1 fully saturated rings. The fraction of sp³-hybridized carbons (Fsp3) is 0.462. The molecule has 0 saturated carbocycles. The van der Waals surface area contributed by atoms with Crippen molar-refractivity contribution in [2.75, 3.05) is 13.1 Å². The lowest BCUT2D eigenvalue weighted by atomic mass is 9.96. The van der Waals surface area contributed by atoms with E-state index in [1.807, 2.05) is 24.3 Å². The van der Waals surface area contributed by atoms with Crippen LogP contribution in [0, 0.1) is 0 Å². The van der Waals surface area contributed by atoms with Gasteiger partial charge in [-0.15, -0.1) is 0 Å². The van der Waals surface area contributed by atoms with E-state index in [2.05, 4.69) is 9.24 Å². The molecular weight excluding hydrogens is 236 g/mol. The number of alkyl halides is 1. The van der Waals surface area contributed by atoms with Crippen LogP contribution >= 0.6 is 9.24 Å². The maximum Gasteiger partial charge on any atom is 0.209 e. The quantitative estimate of drug-likeness (QED) is 0.599. The van der Waals surface area contributed by atoms with Gasteiger partial charge in [0.25, 0.3) is 0 Å². The first-order valence-corrected chi connectivity index (χ1v) is 6.36. The van der Waals surface area contributed by atoms with Gasteiger partial charge >= 0.3 is 0 Å². The molecule has 0 bridgehead atoms. The summed E-state index contributed by atoms with van der Waals surface area (Å²) in [7, 11) is 2.20. The normalized spacial score (nSPS) is 23.5. The van der Waals surface area contributed by atoms with Gasteiger partial charge in [0.1, 0.15) is 5.41 Å². The first kappa shape index (κ1) is 12.5. The van der Waals surface area contributed by atoms with Crippen molar-refractivity contribution in [3.8, 4) is 0 Å². The first-order valence-electron chi connectivity index (χ1n) is 5.78. The van der Waals surface area contributed by atoms with E-state index >= 15 is 0 Å². The molecule has 1 aliphatic rings. The Labute approximate surface area is 103 Å². The molecule has 0 spiro atoms. The lowest BCUT2D eigenvalue weighted by Gasteiger charge is -2.16. The summed E-state index contributed by atoms with van der Waals surface area (Å²) in [5.41, 5.74) is 1.85. The Balaban J connectivity index is 2.11. The molecular formula is C13H17FNOP. The van der Waals surface area contributed by atoms with Gasteiger partial charge in [-0.05, 0) is 24.5 Å². The number of carbonyl (C=O) groups excluding carboxylic acids is 1. The molecule has 3 atom stereocenters. The maximum atomic E-state index is 13.7. The molecule has 1 saturated heterocycles. The number of carbonyl (C=O) groups is 1. The van der Waals surface area contributed by atoms with Crippen LogP contribution < -0.4 is 0 Å². The molecule has 92 valence electrons. The van der Waals surface area contributed by atoms with Crippen molar-refractivity contribution in [1.29, 1.82) is 0 Å². The van der Waals surface area contributed by atoms with Gasteiger partial charge in [-0.2, -0.15) is 0 Å². The molecule has 1 amide bonds. The molecule has 17 heavy (non-hydrogen) atoms. The van der Waals surface area contributed by atoms with E-state index in [-0.39, 0.29) is 0 Å². The number of hydrogen-bond donors (Lipinski definition) is 0. The number of halogens is 1. The van der Waals surface area contributed by atoms with Gasteiger partial charge in [-0.3, -0.25) is 4.79 Å². The fourth-order valence-corrected chi connectivity index (χ4v) is 2.43. The smallest absolute Gasteiger partial charge is 0.209 e. The molecule has 1 heterocycles. The highest BCUT2D eigenvalue weighted by molar-refractivity contribution is 7.18. The molecule has 0 radical (unpaired) electrons. The molecule has 2 nitrogen and oxygen atoms in total. The third-order valence-electron chi connectivity index (χ3n) is 3.32. The van der Waals surface area contributed by atoms with Crippen molar-refractivity contribution < 1.29 is 9.18 Å². The highest BCUT2D eigenvalue weighted by atomic mass is 31.0. The maximum absolute atomic E-state index is 13.7. The van der Waals surface area contributed by atoms with Crippen molar-refractivity contribution in [2.45, 2.75) is 24.7 Å². The molecule has 1 aromatic carbocycles. The Morgan fingerprint density at radius 1 is 1.47 bits per heavy atom. The van der Waals surface area contributed by atoms with Gasteiger partial charge in [0, 0.05) is 19.0 Å². The predicted octanol–water partition coefficient (Wildman–Crippen LogP) is 2.65. The van der Waals surface area contributed by atoms with Crippen molar-refractivity contribution in [3.05, 3.63) is 35.4 Å². The molecule has 2 rings (SSSR count). The second kappa shape index (κ2) is 4.73. The zero-order valence-corrected chi connectivity index (χ0v) is 11.1. The summed E-state index contributed by atoms with van der Waals surface area (Å²) < 4.78 is 13.7. The summed E-state index contributed by atoms with van der Waals surface area (Å²) in [6.07, 6.45) is 1.89. The van der Waals surface area contributed by atoms with Crippen molar-refractivity contribution in [3.63, 3.8) is 0 Å². The second-order valence-electron chi connectivity index (χ2n) is 4.78. The number of hydrogen-bond acceptors (Lipinski definition) is 1. The largest absolute Gasteiger partial charge is 0.345 e. The number of benzene rings is 1. The summed E-state index contributed by atoms with van der Waals surface area (Å²) in [4.78, 5) is 12.4. The van der Waals surface area contributed by atoms with Crippen LogP contribution in [0.5, 0.6) is 0 Å². The Kier molecular flexibility index (Phi) is 3.48. The van der Waals surface area contributed by atoms with E-state index in [1.54, 1.807) is 4.90 Å². The predicted molar refractivity (Wildman–Crippen MR) is 69.6 cm³/mol. The van der Waals surface area contributed by atoms with Crippen molar-refractivity contribution >= 4 is 15.6 Å². The number of rotatable bonds is 3. The topological polar surface area (TPSA) is 20.3 Å². The third kappa shape index (κ3) is 2.84. The monoisotopic (exact) mass is 253 g/mol. The van der Waals surface area contributed by atoms with Gasteiger partial charge in [-0.25, -0.2) is 4.39 Å². The average molecular weight is 253 g/mol. The summed E-state index contributed by atoms with van der Waals surface area (Å²) in [6, 6.07) is 7.59. The minimum absolute atomic E-state index is 0.393. The third-order valence-corrected chi connectivity index (χ3v) is 3.65. The Bertz CT molecular complexity index is 399. The molecule has 3 unspecified atom stereocenters. The zero-order chi connectivity index (χ0) is 12.5. The molecule has 0 aromatic heterocycles. The van der Waals surface area contributed by atoms with Gasteiger partial charge in [-0.1, -0.05) is 33.5 Å². The Hall–Kier alpha value is -0.950. The second-order valence-corrected chi connectivity index (χ2v) is 5.87. The number of amides is 1. The summed E-state index contributed by atoms with van der Waals surface area (Å²) >= 11 is 0. The van der Waals surface area contributed by atoms with Gasteiger partial charge in [0.2, 0.25) is 6.41 Å². The number of likely N-dealkylation sites (tertiary alicyclic amines) is 1. The molecule has 0 aliphatic carbocycles. The molecule has 1 aromatic rings. The van der Waals surface area contributed by atoms with Crippen LogP contribution in [0.1, 0.15) is 30.4 Å². The van der Waals surface area contributed by atoms with Crippen LogP contribution in [-0.4, -0.2) is 24.4 Å². The van der Waals surface area contributed by atoms with Crippen LogP contribution in [0.4, 0.5) is 4.39 Å². The van der Waals surface area contributed by atoms with E-state index in [4.69, 9.17) is 0 Å². The van der Waals surface area contributed by atoms with Crippen molar-refractivity contribution in [1.82, 2.24) is 4.90 Å². The van der Waals surface area contributed by atoms with E-state index in [0.717, 1.165) is 25.9 Å². The average Bonchev–Trinajstić information content (AvgIpc) is 2.76. The summed E-state index contributed by atoms with van der Waals surface area (Å²) in [5.74, 6) is 0.393. The molecule has 4 heteroatoms. The van der Waals surface area contributed by atoms with Crippen LogP contribution in [-0.2, 0) is 10.2 Å². The standard InChI is InChI=1S/C13H17FNOP/c1-13(14,17)12-4-2-10(3-5-12)11-6-7-15(8-11)9-16/h2-5,9,11H,6-8,17H2,1H3. The van der Waals surface area contributed by atoms with Crippen LogP contribution in [0.15, 0.2) is 24.3 Å². The van der Waals surface area contributed by atoms with E-state index < -0.39 is 5.41 Å². The summed E-state index contributed by atoms with van der Waals surface area (Å²) in [5, 5.41) is -1.37. The molecule has 1 aliphatic heterocycles. The van der Waals surface area contributed by atoms with Gasteiger partial charge in [0.05, 0.1) is 0 Å². The molecule has 0 N–H and O–H groups in total. The van der Waals surface area contributed by atoms with Crippen molar-refractivity contribution in [2.24, 2.45) is 0 Å². The zero-order valence-electron chi connectivity index (χ0n) is 9.90. The lowest BCUT2D eigenvalue weighted by Crippen LogP contribution is -2.17. The van der Waals surface area contributed by atoms with Crippen LogP contribution in [0.2, 0.25) is 0 Å². The van der Waals surface area contributed by atoms with Gasteiger partial charge in [0.15, 0.2) is 0 Å². The Morgan fingerprint density at radius 2 is 2.12 bits per heavy atom. The summed E-state index contributed by atoms with van der Waals surface area (Å²) in [6.45, 7) is 3.12. The van der Waals surface area contributed by atoms with E-state index in [1.165, 1.54) is 12.5 Å². The van der Waals surface area contributed by atoms with Crippen LogP contribution in [0.3, 0.4) is 0 Å². The highest BCUT2D eigenvalue weighted by Gasteiger charge is 2.24. The van der Waals surface area contributed by atoms with Crippen LogP contribution in [0.25, 0.3) is 0 Å². The fourth-order valence-electron chi connectivity index (χ4n) is 2.24. The Morgan fingerprint density at radius 3 is 2.59 bits per heavy atom. The minimum atomic E-state index is -1.37. The van der Waals surface area contributed by atoms with E-state index in [0.29, 0.717) is 11.5 Å². The number of nitrogens with zero attached hydrogens (tertiary/aromatic N) is 1.